The van der Waals surface area contributed by atoms with Crippen LogP contribution in [-0.2, 0) is 29.9 Å². The van der Waals surface area contributed by atoms with E-state index in [1.807, 2.05) is 0 Å². The fraction of sp³-hybridized carbons (Fsp3) is 0.667. The Morgan fingerprint density at radius 2 is 1.73 bits per heavy atom. The van der Waals surface area contributed by atoms with Crippen LogP contribution < -0.4 is 4.74 Å². The van der Waals surface area contributed by atoms with Gasteiger partial charge >= 0.3 is 12.1 Å². The first kappa shape index (κ1) is 26.8. The Hall–Kier alpha value is -2.44. The molecule has 33 heavy (non-hydrogen) atoms. The van der Waals surface area contributed by atoms with E-state index in [1.54, 1.807) is 0 Å². The van der Waals surface area contributed by atoms with E-state index in [0.717, 1.165) is 31.4 Å². The van der Waals surface area contributed by atoms with Gasteiger partial charge in [-0.2, -0.15) is 13.2 Å². The Balaban J connectivity index is 1.47. The molecule has 186 valence electrons. The molecule has 1 fully saturated rings. The van der Waals surface area contributed by atoms with E-state index in [4.69, 9.17) is 23.7 Å². The lowest BCUT2D eigenvalue weighted by Crippen LogP contribution is -2.17. The molecule has 1 aliphatic rings. The summed E-state index contributed by atoms with van der Waals surface area (Å²) in [6, 6.07) is 2.44. The minimum absolute atomic E-state index is 0.0329. The number of carbonyl (C=O) groups excluding carboxylic acids is 1. The van der Waals surface area contributed by atoms with Crippen LogP contribution in [0.3, 0.4) is 0 Å². The second-order valence-electron chi connectivity index (χ2n) is 7.37. The zero-order valence-corrected chi connectivity index (χ0v) is 18.3. The Morgan fingerprint density at radius 3 is 2.33 bits per heavy atom. The Labute approximate surface area is 189 Å². The summed E-state index contributed by atoms with van der Waals surface area (Å²) < 4.78 is 64.9. The zero-order chi connectivity index (χ0) is 24.3. The smallest absolute Gasteiger partial charge is 0.423 e. The van der Waals surface area contributed by atoms with Gasteiger partial charge in [-0.15, -0.1) is 0 Å². The van der Waals surface area contributed by atoms with Crippen LogP contribution in [-0.4, -0.2) is 63.2 Å². The fourth-order valence-corrected chi connectivity index (χ4v) is 3.05. The summed E-state index contributed by atoms with van der Waals surface area (Å²) in [5.41, 5.74) is -2.41. The third-order valence-corrected chi connectivity index (χ3v) is 4.73. The Morgan fingerprint density at radius 1 is 1.09 bits per heavy atom. The number of esters is 1. The third kappa shape index (κ3) is 9.93. The number of hydrogen-bond acceptors (Lipinski definition) is 8. The molecule has 1 saturated carbocycles. The first-order chi connectivity index (χ1) is 15.7. The van der Waals surface area contributed by atoms with Crippen molar-refractivity contribution in [3.63, 3.8) is 0 Å². The highest BCUT2D eigenvalue weighted by Crippen LogP contribution is 2.38. The predicted molar refractivity (Wildman–Crippen MR) is 109 cm³/mol. The highest BCUT2D eigenvalue weighted by Gasteiger charge is 2.40. The molecular weight excluding hydrogens is 451 g/mol. The molecule has 0 heterocycles. The van der Waals surface area contributed by atoms with Crippen molar-refractivity contribution in [2.45, 2.75) is 38.5 Å². The van der Waals surface area contributed by atoms with E-state index in [-0.39, 0.29) is 64.1 Å². The molecule has 1 aromatic carbocycles. The van der Waals surface area contributed by atoms with Crippen molar-refractivity contribution in [2.75, 3.05) is 46.2 Å². The average Bonchev–Trinajstić information content (AvgIpc) is 3.48. The molecule has 0 amide bonds. The molecule has 12 heteroatoms. The predicted octanol–water partition coefficient (Wildman–Crippen LogP) is 3.77. The van der Waals surface area contributed by atoms with Gasteiger partial charge in [-0.3, -0.25) is 10.1 Å². The van der Waals surface area contributed by atoms with Gasteiger partial charge in [0.1, 0.15) is 30.6 Å². The van der Waals surface area contributed by atoms with Gasteiger partial charge in [0.25, 0.3) is 5.69 Å². The number of nitro groups is 1. The molecule has 0 N–H and O–H groups in total. The van der Waals surface area contributed by atoms with Crippen LogP contribution in [0.4, 0.5) is 18.9 Å². The van der Waals surface area contributed by atoms with Crippen LogP contribution in [0, 0.1) is 16.0 Å². The first-order valence-corrected chi connectivity index (χ1v) is 10.6. The van der Waals surface area contributed by atoms with Crippen LogP contribution in [0.15, 0.2) is 18.2 Å². The summed E-state index contributed by atoms with van der Waals surface area (Å²) in [7, 11) is 0. The number of rotatable bonds is 16. The summed E-state index contributed by atoms with van der Waals surface area (Å²) in [6.07, 6.45) is -1.77. The number of ether oxygens (including phenoxy) is 5. The molecule has 2 atom stereocenters. The van der Waals surface area contributed by atoms with Gasteiger partial charge in [0.05, 0.1) is 38.0 Å². The lowest BCUT2D eigenvalue weighted by Gasteiger charge is -2.11. The molecule has 0 saturated heterocycles. The third-order valence-electron chi connectivity index (χ3n) is 4.73. The zero-order valence-electron chi connectivity index (χ0n) is 18.3. The molecule has 9 nitrogen and oxygen atoms in total. The van der Waals surface area contributed by atoms with Crippen LogP contribution in [0.25, 0.3) is 0 Å². The molecule has 0 radical (unpaired) electrons. The maximum Gasteiger partial charge on any atom is 0.423 e. The molecular formula is C21H28F3NO8. The summed E-state index contributed by atoms with van der Waals surface area (Å²) in [5, 5.41) is 10.7. The van der Waals surface area contributed by atoms with Gasteiger partial charge in [-0.25, -0.2) is 4.79 Å². The first-order valence-electron chi connectivity index (χ1n) is 10.6. The Bertz CT molecular complexity index is 774. The van der Waals surface area contributed by atoms with E-state index in [0.29, 0.717) is 12.0 Å². The lowest BCUT2D eigenvalue weighted by atomic mass is 10.1. The second-order valence-corrected chi connectivity index (χ2v) is 7.37. The quantitative estimate of drug-likeness (QED) is 0.153. The number of benzene rings is 1. The van der Waals surface area contributed by atoms with Gasteiger partial charge in [-0.1, -0.05) is 13.3 Å². The van der Waals surface area contributed by atoms with Crippen LogP contribution >= 0.6 is 0 Å². The average molecular weight is 479 g/mol. The van der Waals surface area contributed by atoms with Crippen molar-refractivity contribution in [1.82, 2.24) is 0 Å². The van der Waals surface area contributed by atoms with E-state index >= 15 is 0 Å². The van der Waals surface area contributed by atoms with Crippen LogP contribution in [0.5, 0.6) is 5.75 Å². The molecule has 1 aromatic rings. The van der Waals surface area contributed by atoms with Gasteiger partial charge in [0, 0.05) is 6.07 Å². The van der Waals surface area contributed by atoms with Gasteiger partial charge in [0.15, 0.2) is 0 Å². The minimum Gasteiger partial charge on any atom is -0.491 e. The molecule has 0 aliphatic heterocycles. The Kier molecular flexibility index (Phi) is 10.8. The molecule has 1 aliphatic carbocycles. The molecule has 2 rings (SSSR count). The lowest BCUT2D eigenvalue weighted by molar-refractivity contribution is -0.388. The molecule has 0 bridgehead atoms. The van der Waals surface area contributed by atoms with E-state index in [2.05, 4.69) is 6.92 Å². The van der Waals surface area contributed by atoms with Crippen molar-refractivity contribution in [3.05, 3.63) is 33.9 Å². The topological polar surface area (TPSA) is 106 Å². The van der Waals surface area contributed by atoms with Crippen molar-refractivity contribution in [1.29, 1.82) is 0 Å². The monoisotopic (exact) mass is 479 g/mol. The number of alkyl halides is 3. The van der Waals surface area contributed by atoms with Crippen molar-refractivity contribution in [2.24, 2.45) is 5.92 Å². The van der Waals surface area contributed by atoms with Gasteiger partial charge in [0.2, 0.25) is 0 Å². The fourth-order valence-electron chi connectivity index (χ4n) is 3.05. The van der Waals surface area contributed by atoms with Crippen LogP contribution in [0.2, 0.25) is 0 Å². The van der Waals surface area contributed by atoms with Crippen molar-refractivity contribution in [3.8, 4) is 5.75 Å². The highest BCUT2D eigenvalue weighted by molar-refractivity contribution is 5.71. The normalized spacial score (nSPS) is 17.6. The minimum atomic E-state index is -4.87. The summed E-state index contributed by atoms with van der Waals surface area (Å²) in [4.78, 5) is 21.2. The molecule has 0 spiro atoms. The van der Waals surface area contributed by atoms with Crippen molar-refractivity contribution >= 4 is 11.7 Å². The second kappa shape index (κ2) is 13.3. The maximum atomic E-state index is 12.9. The number of nitro benzene ring substituents is 1. The SMILES string of the molecule is CCCC1CC1OC(=O)COCCOCCOCCOc1ccc([N+](=O)[O-])c(C(F)(F)F)c1. The molecule has 0 aromatic heterocycles. The van der Waals surface area contributed by atoms with E-state index in [1.165, 1.54) is 0 Å². The number of hydrogen-bond donors (Lipinski definition) is 0. The highest BCUT2D eigenvalue weighted by atomic mass is 19.4. The number of nitrogens with zero attached hydrogens (tertiary/aromatic N) is 1. The summed E-state index contributed by atoms with van der Waals surface area (Å²) in [5.74, 6) is -0.0393. The molecule has 2 unspecified atom stereocenters. The largest absolute Gasteiger partial charge is 0.491 e. The summed E-state index contributed by atoms with van der Waals surface area (Å²) in [6.45, 7) is 2.98. The van der Waals surface area contributed by atoms with E-state index in [9.17, 15) is 28.1 Å². The standard InChI is InChI=1S/C21H28F3NO8/c1-2-3-15-12-19(15)33-20(26)14-31-9-8-29-6-7-30-10-11-32-16-4-5-18(25(27)28)17(13-16)21(22,23)24/h4-5,13,15,19H,2-3,6-12,14H2,1H3. The number of carbonyl (C=O) groups is 1. The van der Waals surface area contributed by atoms with Gasteiger partial charge < -0.3 is 23.7 Å². The number of halogens is 3. The van der Waals surface area contributed by atoms with E-state index < -0.39 is 22.4 Å². The maximum absolute atomic E-state index is 12.9. The van der Waals surface area contributed by atoms with Crippen LogP contribution in [0.1, 0.15) is 31.7 Å². The van der Waals surface area contributed by atoms with Gasteiger partial charge in [-0.05, 0) is 30.9 Å². The summed E-state index contributed by atoms with van der Waals surface area (Å²) >= 11 is 0. The van der Waals surface area contributed by atoms with Crippen molar-refractivity contribution < 1.29 is 46.6 Å².